The van der Waals surface area contributed by atoms with Gasteiger partial charge in [-0.15, -0.1) is 0 Å². The molecule has 156 valence electrons. The Kier molecular flexibility index (Phi) is 7.15. The minimum Gasteiger partial charge on any atom is -0.453 e. The summed E-state index contributed by atoms with van der Waals surface area (Å²) < 4.78 is 11.3. The molecule has 0 aliphatic rings. The van der Waals surface area contributed by atoms with E-state index in [0.29, 0.717) is 5.56 Å². The Balaban J connectivity index is 2.26. The Hall–Kier alpha value is -3.86. The Morgan fingerprint density at radius 2 is 1.80 bits per heavy atom. The molecule has 1 heterocycles. The summed E-state index contributed by atoms with van der Waals surface area (Å²) >= 11 is 0. The number of nitrogens with zero attached hydrogens (tertiary/aromatic N) is 2. The molecule has 0 fully saturated rings. The number of aromatic nitrogens is 1. The third kappa shape index (κ3) is 5.14. The maximum absolute atomic E-state index is 12.3. The van der Waals surface area contributed by atoms with Crippen LogP contribution in [0, 0.1) is 32.1 Å². The fraction of sp³-hybridized carbons (Fsp3) is 0.273. The lowest BCUT2D eigenvalue weighted by Gasteiger charge is -2.12. The van der Waals surface area contributed by atoms with Crippen LogP contribution in [0.2, 0.25) is 0 Å². The lowest BCUT2D eigenvalue weighted by atomic mass is 10.1. The number of nitrogens with one attached hydrogen (secondary N) is 1. The van der Waals surface area contributed by atoms with Gasteiger partial charge in [-0.05, 0) is 57.5 Å². The van der Waals surface area contributed by atoms with Crippen molar-refractivity contribution in [2.24, 2.45) is 0 Å². The van der Waals surface area contributed by atoms with Crippen LogP contribution in [0.25, 0.3) is 11.8 Å². The van der Waals surface area contributed by atoms with Gasteiger partial charge in [-0.25, -0.2) is 9.59 Å². The summed E-state index contributed by atoms with van der Waals surface area (Å²) in [6, 6.07) is 11.6. The van der Waals surface area contributed by atoms with Crippen LogP contribution in [0.4, 0.5) is 4.79 Å². The fourth-order valence-corrected chi connectivity index (χ4v) is 2.85. The largest absolute Gasteiger partial charge is 0.453 e. The molecule has 0 bridgehead atoms. The topological polar surface area (TPSA) is 110 Å². The zero-order valence-electron chi connectivity index (χ0n) is 17.5. The van der Waals surface area contributed by atoms with Gasteiger partial charge < -0.3 is 14.0 Å². The lowest BCUT2D eigenvalue weighted by Crippen LogP contribution is -2.39. The Labute approximate surface area is 174 Å². The van der Waals surface area contributed by atoms with Crippen LogP contribution in [0.15, 0.2) is 35.9 Å². The lowest BCUT2D eigenvalue weighted by molar-refractivity contribution is -0.150. The molecule has 8 heteroatoms. The van der Waals surface area contributed by atoms with Crippen molar-refractivity contribution >= 4 is 24.0 Å². The summed E-state index contributed by atoms with van der Waals surface area (Å²) in [6.45, 7) is 7.10. The Morgan fingerprint density at radius 1 is 1.17 bits per heavy atom. The average molecular weight is 409 g/mol. The number of hydrogen-bond donors (Lipinski definition) is 1. The van der Waals surface area contributed by atoms with Crippen molar-refractivity contribution in [1.82, 2.24) is 9.88 Å². The molecule has 30 heavy (non-hydrogen) atoms. The number of aryl methyl sites for hydroxylation is 2. The number of alkyl carbamates (subject to hydrolysis) is 1. The molecule has 0 radical (unpaired) electrons. The van der Waals surface area contributed by atoms with Crippen LogP contribution in [0.3, 0.4) is 0 Å². The third-order valence-corrected chi connectivity index (χ3v) is 4.47. The Morgan fingerprint density at radius 3 is 2.37 bits per heavy atom. The normalized spacial score (nSPS) is 11.9. The molecule has 1 aromatic heterocycles. The molecule has 0 aliphatic carbocycles. The number of amides is 2. The number of esters is 1. The van der Waals surface area contributed by atoms with Gasteiger partial charge in [-0.2, -0.15) is 5.26 Å². The molecule has 0 aliphatic heterocycles. The first-order chi connectivity index (χ1) is 14.2. The van der Waals surface area contributed by atoms with Crippen LogP contribution >= 0.6 is 0 Å². The molecule has 2 rings (SSSR count). The van der Waals surface area contributed by atoms with Crippen LogP contribution < -0.4 is 5.32 Å². The zero-order valence-corrected chi connectivity index (χ0v) is 17.5. The second kappa shape index (κ2) is 9.56. The van der Waals surface area contributed by atoms with Gasteiger partial charge in [0.15, 0.2) is 6.10 Å². The van der Waals surface area contributed by atoms with Gasteiger partial charge in [0.1, 0.15) is 11.6 Å². The number of rotatable bonds is 5. The molecular weight excluding hydrogens is 386 g/mol. The number of methoxy groups -OCH3 is 1. The molecule has 1 aromatic carbocycles. The van der Waals surface area contributed by atoms with Crippen molar-refractivity contribution in [3.8, 4) is 11.8 Å². The van der Waals surface area contributed by atoms with Crippen LogP contribution in [0.5, 0.6) is 0 Å². The highest BCUT2D eigenvalue weighted by atomic mass is 16.6. The summed E-state index contributed by atoms with van der Waals surface area (Å²) in [5.41, 5.74) is 4.28. The number of hydrogen-bond acceptors (Lipinski definition) is 6. The van der Waals surface area contributed by atoms with Crippen molar-refractivity contribution in [2.45, 2.75) is 33.8 Å². The summed E-state index contributed by atoms with van der Waals surface area (Å²) in [4.78, 5) is 35.2. The van der Waals surface area contributed by atoms with E-state index in [1.165, 1.54) is 13.0 Å². The third-order valence-electron chi connectivity index (χ3n) is 4.47. The SMILES string of the molecule is COC(=O)NC(=O)[C@H](C)OC(=O)/C(C#N)=C/c1cc(C)n(-c2ccc(C)cc2)c1C. The molecular formula is C22H23N3O5. The summed E-state index contributed by atoms with van der Waals surface area (Å²) in [5, 5.41) is 11.3. The highest BCUT2D eigenvalue weighted by Crippen LogP contribution is 2.23. The van der Waals surface area contributed by atoms with Gasteiger partial charge >= 0.3 is 12.1 Å². The molecule has 8 nitrogen and oxygen atoms in total. The van der Waals surface area contributed by atoms with E-state index in [1.54, 1.807) is 6.07 Å². The minimum absolute atomic E-state index is 0.267. The molecule has 1 atom stereocenters. The number of nitriles is 1. The van der Waals surface area contributed by atoms with E-state index in [-0.39, 0.29) is 5.57 Å². The second-order valence-corrected chi connectivity index (χ2v) is 6.70. The molecule has 2 amide bonds. The first kappa shape index (κ1) is 22.4. The van der Waals surface area contributed by atoms with Crippen molar-refractivity contribution in [2.75, 3.05) is 7.11 Å². The first-order valence-corrected chi connectivity index (χ1v) is 9.15. The number of benzene rings is 1. The molecule has 0 unspecified atom stereocenters. The van der Waals surface area contributed by atoms with Gasteiger partial charge in [0.2, 0.25) is 0 Å². The van der Waals surface area contributed by atoms with Gasteiger partial charge in [0.05, 0.1) is 7.11 Å². The average Bonchev–Trinajstić information content (AvgIpc) is 2.99. The Bertz CT molecular complexity index is 1040. The van der Waals surface area contributed by atoms with E-state index in [0.717, 1.165) is 29.7 Å². The first-order valence-electron chi connectivity index (χ1n) is 9.15. The number of carbonyl (C=O) groups is 3. The fourth-order valence-electron chi connectivity index (χ4n) is 2.85. The van der Waals surface area contributed by atoms with E-state index in [2.05, 4.69) is 4.74 Å². The van der Waals surface area contributed by atoms with Crippen molar-refractivity contribution < 1.29 is 23.9 Å². The predicted molar refractivity (Wildman–Crippen MR) is 110 cm³/mol. The maximum Gasteiger partial charge on any atom is 0.413 e. The smallest absolute Gasteiger partial charge is 0.413 e. The van der Waals surface area contributed by atoms with Crippen LogP contribution in [-0.2, 0) is 19.1 Å². The highest BCUT2D eigenvalue weighted by molar-refractivity contribution is 6.00. The summed E-state index contributed by atoms with van der Waals surface area (Å²) in [6.07, 6.45) is -0.837. The van der Waals surface area contributed by atoms with E-state index in [1.807, 2.05) is 61.0 Å². The van der Waals surface area contributed by atoms with Crippen molar-refractivity contribution in [1.29, 1.82) is 5.26 Å². The van der Waals surface area contributed by atoms with Gasteiger partial charge in [-0.1, -0.05) is 17.7 Å². The molecule has 2 aromatic rings. The predicted octanol–water partition coefficient (Wildman–Crippen LogP) is 3.12. The molecule has 0 saturated carbocycles. The van der Waals surface area contributed by atoms with E-state index < -0.39 is 24.1 Å². The van der Waals surface area contributed by atoms with E-state index in [9.17, 15) is 19.6 Å². The standard InChI is InChI=1S/C22H23N3O5/c1-13-6-8-19(9-7-13)25-14(2)10-17(15(25)3)11-18(12-23)21(27)30-16(4)20(26)24-22(28)29-5/h6-11,16H,1-5H3,(H,24,26,28)/b18-11+/t16-/m0/s1. The summed E-state index contributed by atoms with van der Waals surface area (Å²) in [7, 11) is 1.10. The zero-order chi connectivity index (χ0) is 22.4. The van der Waals surface area contributed by atoms with Gasteiger partial charge in [-0.3, -0.25) is 10.1 Å². The maximum atomic E-state index is 12.3. The summed E-state index contributed by atoms with van der Waals surface area (Å²) in [5.74, 6) is -1.82. The van der Waals surface area contributed by atoms with Gasteiger partial charge in [0, 0.05) is 17.1 Å². The number of carbonyl (C=O) groups excluding carboxylic acids is 3. The minimum atomic E-state index is -1.28. The monoisotopic (exact) mass is 409 g/mol. The van der Waals surface area contributed by atoms with Crippen LogP contribution in [-0.4, -0.2) is 35.8 Å². The number of imide groups is 1. The number of ether oxygens (including phenoxy) is 2. The highest BCUT2D eigenvalue weighted by Gasteiger charge is 2.23. The van der Waals surface area contributed by atoms with Gasteiger partial charge in [0.25, 0.3) is 5.91 Å². The van der Waals surface area contributed by atoms with E-state index >= 15 is 0 Å². The molecule has 0 spiro atoms. The second-order valence-electron chi connectivity index (χ2n) is 6.70. The van der Waals surface area contributed by atoms with Crippen LogP contribution in [0.1, 0.15) is 29.4 Å². The van der Waals surface area contributed by atoms with E-state index in [4.69, 9.17) is 4.74 Å². The quantitative estimate of drug-likeness (QED) is 0.461. The molecule has 0 saturated heterocycles. The van der Waals surface area contributed by atoms with Crippen molar-refractivity contribution in [3.05, 3.63) is 58.4 Å². The van der Waals surface area contributed by atoms with Crippen molar-refractivity contribution in [3.63, 3.8) is 0 Å². The molecule has 1 N–H and O–H groups in total.